The molecule has 2 heterocycles. The third kappa shape index (κ3) is 3.87. The Balaban J connectivity index is 1.44. The molecule has 1 aromatic carbocycles. The maximum Gasteiger partial charge on any atom is 0.323 e. The smallest absolute Gasteiger partial charge is 0.323 e. The zero-order chi connectivity index (χ0) is 19.7. The van der Waals surface area contributed by atoms with Gasteiger partial charge in [-0.25, -0.2) is 9.78 Å². The molecule has 1 amide bonds. The predicted molar refractivity (Wildman–Crippen MR) is 112 cm³/mol. The van der Waals surface area contributed by atoms with E-state index >= 15 is 0 Å². The third-order valence-electron chi connectivity index (χ3n) is 5.43. The molecule has 0 radical (unpaired) electrons. The molecule has 8 heteroatoms. The summed E-state index contributed by atoms with van der Waals surface area (Å²) in [7, 11) is 0. The van der Waals surface area contributed by atoms with E-state index in [0.717, 1.165) is 16.4 Å². The number of amides is 1. The second-order valence-electron chi connectivity index (χ2n) is 7.40. The SMILES string of the molecule is Cc1nc(SCC(=O)Nc2ccc3[nH]c(=O)[nH]c3c2)n(C2CCCCC2)c1C. The summed E-state index contributed by atoms with van der Waals surface area (Å²) >= 11 is 1.49. The lowest BCUT2D eigenvalue weighted by Gasteiger charge is -2.26. The maximum atomic E-state index is 12.5. The molecule has 28 heavy (non-hydrogen) atoms. The van der Waals surface area contributed by atoms with Crippen LogP contribution in [0.3, 0.4) is 0 Å². The quantitative estimate of drug-likeness (QED) is 0.567. The summed E-state index contributed by atoms with van der Waals surface area (Å²) in [4.78, 5) is 33.9. The molecule has 1 aliphatic carbocycles. The Kier molecular flexibility index (Phi) is 5.30. The first-order chi connectivity index (χ1) is 13.5. The number of fused-ring (bicyclic) bond motifs is 1. The van der Waals surface area contributed by atoms with Crippen molar-refractivity contribution in [1.29, 1.82) is 0 Å². The van der Waals surface area contributed by atoms with Crippen molar-refractivity contribution < 1.29 is 4.79 Å². The highest BCUT2D eigenvalue weighted by atomic mass is 32.2. The molecule has 0 bridgehead atoms. The molecule has 1 aliphatic rings. The molecule has 3 N–H and O–H groups in total. The van der Waals surface area contributed by atoms with Crippen LogP contribution < -0.4 is 11.0 Å². The van der Waals surface area contributed by atoms with Gasteiger partial charge in [0, 0.05) is 17.4 Å². The predicted octanol–water partition coefficient (Wildman–Crippen LogP) is 3.91. The van der Waals surface area contributed by atoms with Gasteiger partial charge < -0.3 is 19.9 Å². The number of nitrogens with zero attached hydrogens (tertiary/aromatic N) is 2. The summed E-state index contributed by atoms with van der Waals surface area (Å²) in [5, 5.41) is 3.83. The van der Waals surface area contributed by atoms with Gasteiger partial charge in [-0.15, -0.1) is 0 Å². The molecule has 0 spiro atoms. The van der Waals surface area contributed by atoms with Crippen molar-refractivity contribution in [2.75, 3.05) is 11.1 Å². The Morgan fingerprint density at radius 1 is 1.21 bits per heavy atom. The van der Waals surface area contributed by atoms with Crippen molar-refractivity contribution >= 4 is 34.4 Å². The van der Waals surface area contributed by atoms with E-state index in [1.807, 2.05) is 6.92 Å². The van der Waals surface area contributed by atoms with Crippen molar-refractivity contribution in [3.63, 3.8) is 0 Å². The molecule has 1 saturated carbocycles. The fourth-order valence-corrected chi connectivity index (χ4v) is 4.86. The second-order valence-corrected chi connectivity index (χ2v) is 8.35. The summed E-state index contributed by atoms with van der Waals surface area (Å²) in [5.74, 6) is 0.209. The summed E-state index contributed by atoms with van der Waals surface area (Å²) < 4.78 is 2.34. The van der Waals surface area contributed by atoms with Crippen molar-refractivity contribution in [3.05, 3.63) is 40.1 Å². The number of carbonyl (C=O) groups is 1. The molecule has 0 atom stereocenters. The van der Waals surface area contributed by atoms with Gasteiger partial charge in [0.05, 0.1) is 22.5 Å². The Hall–Kier alpha value is -2.48. The molecule has 2 aromatic heterocycles. The number of aromatic amines is 2. The van der Waals surface area contributed by atoms with Crippen molar-refractivity contribution in [2.45, 2.75) is 57.1 Å². The second kappa shape index (κ2) is 7.87. The first kappa shape index (κ1) is 18.9. The van der Waals surface area contributed by atoms with E-state index in [9.17, 15) is 9.59 Å². The fraction of sp³-hybridized carbons (Fsp3) is 0.450. The topological polar surface area (TPSA) is 95.6 Å². The molecule has 148 valence electrons. The molecule has 0 aliphatic heterocycles. The normalized spacial score (nSPS) is 15.2. The van der Waals surface area contributed by atoms with Crippen LogP contribution in [0.1, 0.15) is 49.5 Å². The standard InChI is InChI=1S/C20H25N5O2S/c1-12-13(2)25(15-6-4-3-5-7-15)20(21-12)28-11-18(26)22-14-8-9-16-17(10-14)24-19(27)23-16/h8-10,15H,3-7,11H2,1-2H3,(H,22,26)(H2,23,24,27). The number of benzene rings is 1. The number of imidazole rings is 2. The Labute approximate surface area is 167 Å². The van der Waals surface area contributed by atoms with Gasteiger partial charge in [0.2, 0.25) is 5.91 Å². The van der Waals surface area contributed by atoms with Crippen molar-refractivity contribution in [3.8, 4) is 0 Å². The molecular weight excluding hydrogens is 374 g/mol. The van der Waals surface area contributed by atoms with Crippen LogP contribution in [0.15, 0.2) is 28.2 Å². The van der Waals surface area contributed by atoms with Gasteiger partial charge in [0.15, 0.2) is 5.16 Å². The minimum Gasteiger partial charge on any atom is -0.325 e. The van der Waals surface area contributed by atoms with Gasteiger partial charge in [-0.1, -0.05) is 31.0 Å². The zero-order valence-electron chi connectivity index (χ0n) is 16.2. The van der Waals surface area contributed by atoms with Crippen LogP contribution in [0.25, 0.3) is 11.0 Å². The third-order valence-corrected chi connectivity index (χ3v) is 6.38. The Bertz CT molecular complexity index is 1060. The number of rotatable bonds is 5. The highest BCUT2D eigenvalue weighted by Gasteiger charge is 2.22. The van der Waals surface area contributed by atoms with Crippen LogP contribution >= 0.6 is 11.8 Å². The number of hydrogen-bond donors (Lipinski definition) is 3. The molecular formula is C20H25N5O2S. The van der Waals surface area contributed by atoms with E-state index in [1.54, 1.807) is 18.2 Å². The fourth-order valence-electron chi connectivity index (χ4n) is 3.90. The number of aromatic nitrogens is 4. The van der Waals surface area contributed by atoms with Crippen LogP contribution in [-0.2, 0) is 4.79 Å². The van der Waals surface area contributed by atoms with E-state index in [4.69, 9.17) is 4.98 Å². The highest BCUT2D eigenvalue weighted by molar-refractivity contribution is 7.99. The van der Waals surface area contributed by atoms with Crippen molar-refractivity contribution in [1.82, 2.24) is 19.5 Å². The first-order valence-corrected chi connectivity index (χ1v) is 10.7. The lowest BCUT2D eigenvalue weighted by molar-refractivity contribution is -0.113. The largest absolute Gasteiger partial charge is 0.325 e. The van der Waals surface area contributed by atoms with Gasteiger partial charge in [0.1, 0.15) is 0 Å². The minimum absolute atomic E-state index is 0.0873. The monoisotopic (exact) mass is 399 g/mol. The molecule has 7 nitrogen and oxygen atoms in total. The van der Waals surface area contributed by atoms with Gasteiger partial charge in [-0.05, 0) is 44.9 Å². The van der Waals surface area contributed by atoms with Crippen LogP contribution in [-0.4, -0.2) is 31.2 Å². The number of nitrogens with one attached hydrogen (secondary N) is 3. The zero-order valence-corrected chi connectivity index (χ0v) is 17.0. The van der Waals surface area contributed by atoms with Gasteiger partial charge in [-0.2, -0.15) is 0 Å². The highest BCUT2D eigenvalue weighted by Crippen LogP contribution is 2.34. The number of hydrogen-bond acceptors (Lipinski definition) is 4. The van der Waals surface area contributed by atoms with Gasteiger partial charge in [-0.3, -0.25) is 4.79 Å². The minimum atomic E-state index is -0.255. The summed E-state index contributed by atoms with van der Waals surface area (Å²) in [6, 6.07) is 5.81. The summed E-state index contributed by atoms with van der Waals surface area (Å²) in [5.41, 5.74) is 4.05. The lowest BCUT2D eigenvalue weighted by Crippen LogP contribution is -2.17. The van der Waals surface area contributed by atoms with Crippen LogP contribution in [0, 0.1) is 13.8 Å². The van der Waals surface area contributed by atoms with E-state index < -0.39 is 0 Å². The van der Waals surface area contributed by atoms with E-state index in [-0.39, 0.29) is 11.6 Å². The summed E-state index contributed by atoms with van der Waals surface area (Å²) in [6.45, 7) is 4.15. The van der Waals surface area contributed by atoms with Gasteiger partial charge in [0.25, 0.3) is 0 Å². The molecule has 3 aromatic rings. The average Bonchev–Trinajstić information content (AvgIpc) is 3.19. The summed E-state index contributed by atoms with van der Waals surface area (Å²) in [6.07, 6.45) is 6.20. The number of carbonyl (C=O) groups excluding carboxylic acids is 1. The number of anilines is 1. The Morgan fingerprint density at radius 3 is 2.75 bits per heavy atom. The van der Waals surface area contributed by atoms with Crippen LogP contribution in [0.5, 0.6) is 0 Å². The van der Waals surface area contributed by atoms with Crippen LogP contribution in [0.2, 0.25) is 0 Å². The van der Waals surface area contributed by atoms with E-state index in [2.05, 4.69) is 26.8 Å². The Morgan fingerprint density at radius 2 is 1.96 bits per heavy atom. The average molecular weight is 400 g/mol. The van der Waals surface area contributed by atoms with E-state index in [0.29, 0.717) is 23.0 Å². The maximum absolute atomic E-state index is 12.5. The molecule has 4 rings (SSSR count). The van der Waals surface area contributed by atoms with Crippen LogP contribution in [0.4, 0.5) is 5.69 Å². The number of H-pyrrole nitrogens is 2. The molecule has 0 saturated heterocycles. The molecule has 1 fully saturated rings. The van der Waals surface area contributed by atoms with Gasteiger partial charge >= 0.3 is 5.69 Å². The number of aryl methyl sites for hydroxylation is 1. The van der Waals surface area contributed by atoms with E-state index in [1.165, 1.54) is 49.6 Å². The molecule has 0 unspecified atom stereocenters. The number of thioether (sulfide) groups is 1. The first-order valence-electron chi connectivity index (χ1n) is 9.71. The van der Waals surface area contributed by atoms with Crippen molar-refractivity contribution in [2.24, 2.45) is 0 Å². The lowest BCUT2D eigenvalue weighted by atomic mass is 9.95.